The first-order valence-corrected chi connectivity index (χ1v) is 5.99. The van der Waals surface area contributed by atoms with Gasteiger partial charge in [-0.2, -0.15) is 13.2 Å². The van der Waals surface area contributed by atoms with Crippen molar-refractivity contribution in [2.45, 2.75) is 16.3 Å². The van der Waals surface area contributed by atoms with Gasteiger partial charge in [-0.3, -0.25) is 9.00 Å². The van der Waals surface area contributed by atoms with Gasteiger partial charge in [0.15, 0.2) is 0 Å². The number of carbonyl (C=O) groups is 1. The summed E-state index contributed by atoms with van der Waals surface area (Å²) in [6.07, 6.45) is -4.57. The molecular weight excluding hydrogens is 271 g/mol. The third-order valence-corrected chi connectivity index (χ3v) is 3.77. The second kappa shape index (κ2) is 5.49. The fraction of sp³-hybridized carbons (Fsp3) is 0.300. The molecule has 100 valence electrons. The molecule has 2 atom stereocenters. The summed E-state index contributed by atoms with van der Waals surface area (Å²) >= 11 is 0. The molecule has 0 aliphatic rings. The maximum atomic E-state index is 12.4. The molecule has 0 saturated carbocycles. The van der Waals surface area contributed by atoms with Gasteiger partial charge in [-0.15, -0.1) is 0 Å². The van der Waals surface area contributed by atoms with Gasteiger partial charge in [0.25, 0.3) is 0 Å². The van der Waals surface area contributed by atoms with E-state index in [1.807, 2.05) is 0 Å². The Hall–Kier alpha value is -1.41. The van der Waals surface area contributed by atoms with Crippen LogP contribution >= 0.6 is 0 Å². The molecule has 1 rings (SSSR count). The molecule has 0 spiro atoms. The van der Waals surface area contributed by atoms with Crippen molar-refractivity contribution < 1.29 is 27.3 Å². The highest BCUT2D eigenvalue weighted by molar-refractivity contribution is 7.86. The van der Waals surface area contributed by atoms with E-state index in [2.05, 4.69) is 0 Å². The number of hydrogen-bond acceptors (Lipinski definition) is 3. The van der Waals surface area contributed by atoms with Gasteiger partial charge in [0, 0.05) is 11.4 Å². The molecule has 0 amide bonds. The largest absolute Gasteiger partial charge is 0.480 e. The van der Waals surface area contributed by atoms with Gasteiger partial charge in [0.1, 0.15) is 5.25 Å². The van der Waals surface area contributed by atoms with Crippen LogP contribution in [0, 0.1) is 0 Å². The van der Waals surface area contributed by atoms with Crippen LogP contribution in [0.25, 0.3) is 0 Å². The Morgan fingerprint density at radius 2 is 2.06 bits per heavy atom. The van der Waals surface area contributed by atoms with Crippen LogP contribution in [0.5, 0.6) is 0 Å². The molecule has 1 aromatic carbocycles. The van der Waals surface area contributed by atoms with E-state index in [9.17, 15) is 22.2 Å². The van der Waals surface area contributed by atoms with E-state index < -0.39 is 40.3 Å². The highest BCUT2D eigenvalue weighted by Crippen LogP contribution is 2.30. The third kappa shape index (κ3) is 3.30. The summed E-state index contributed by atoms with van der Waals surface area (Å²) in [4.78, 5) is 10.5. The van der Waals surface area contributed by atoms with Crippen molar-refractivity contribution in [1.82, 2.24) is 0 Å². The van der Waals surface area contributed by atoms with Crippen LogP contribution in [-0.2, 0) is 21.8 Å². The number of benzene rings is 1. The number of nitrogens with two attached hydrogens (primary N) is 1. The fourth-order valence-corrected chi connectivity index (χ4v) is 2.38. The van der Waals surface area contributed by atoms with E-state index in [-0.39, 0.29) is 4.90 Å². The third-order valence-electron chi connectivity index (χ3n) is 2.14. The van der Waals surface area contributed by atoms with E-state index in [1.54, 1.807) is 0 Å². The topological polar surface area (TPSA) is 80.4 Å². The SMILES string of the molecule is NCC(C(=O)O)S(=O)c1cccc(C(F)(F)F)c1. The first-order valence-electron chi connectivity index (χ1n) is 4.78. The highest BCUT2D eigenvalue weighted by Gasteiger charge is 2.32. The van der Waals surface area contributed by atoms with Gasteiger partial charge in [0.05, 0.1) is 16.4 Å². The van der Waals surface area contributed by atoms with Crippen LogP contribution in [0.1, 0.15) is 5.56 Å². The standard InChI is InChI=1S/C10H10F3NO3S/c11-10(12,13)6-2-1-3-7(4-6)18(17)8(5-14)9(15)16/h1-4,8H,5,14H2,(H,15,16). The van der Waals surface area contributed by atoms with E-state index in [4.69, 9.17) is 10.8 Å². The van der Waals surface area contributed by atoms with Crippen LogP contribution in [0.4, 0.5) is 13.2 Å². The summed E-state index contributed by atoms with van der Waals surface area (Å²) in [5.41, 5.74) is 4.16. The molecule has 0 bridgehead atoms. The molecule has 0 radical (unpaired) electrons. The Labute approximate surface area is 103 Å². The number of aliphatic carboxylic acids is 1. The smallest absolute Gasteiger partial charge is 0.416 e. The quantitative estimate of drug-likeness (QED) is 0.869. The predicted octanol–water partition coefficient (Wildman–Crippen LogP) is 1.22. The number of alkyl halides is 3. The van der Waals surface area contributed by atoms with Crippen molar-refractivity contribution in [3.8, 4) is 0 Å². The normalized spacial score (nSPS) is 15.1. The zero-order chi connectivity index (χ0) is 13.9. The second-order valence-corrected chi connectivity index (χ2v) is 5.02. The van der Waals surface area contributed by atoms with Crippen LogP contribution < -0.4 is 5.73 Å². The van der Waals surface area contributed by atoms with Crippen LogP contribution in [-0.4, -0.2) is 27.1 Å². The molecule has 0 aliphatic heterocycles. The number of halogens is 3. The van der Waals surface area contributed by atoms with Gasteiger partial charge in [-0.25, -0.2) is 0 Å². The van der Waals surface area contributed by atoms with Crippen molar-refractivity contribution in [2.24, 2.45) is 5.73 Å². The first kappa shape index (κ1) is 14.7. The Bertz CT molecular complexity index is 476. The molecule has 3 N–H and O–H groups in total. The van der Waals surface area contributed by atoms with E-state index in [0.29, 0.717) is 6.07 Å². The monoisotopic (exact) mass is 281 g/mol. The summed E-state index contributed by atoms with van der Waals surface area (Å²) in [7, 11) is -2.12. The lowest BCUT2D eigenvalue weighted by Crippen LogP contribution is -2.33. The lowest BCUT2D eigenvalue weighted by molar-refractivity contribution is -0.138. The summed E-state index contributed by atoms with van der Waals surface area (Å²) in [6, 6.07) is 3.74. The Kier molecular flexibility index (Phi) is 4.47. The van der Waals surface area contributed by atoms with E-state index in [0.717, 1.165) is 12.1 Å². The van der Waals surface area contributed by atoms with Crippen molar-refractivity contribution in [1.29, 1.82) is 0 Å². The minimum absolute atomic E-state index is 0.206. The van der Waals surface area contributed by atoms with Gasteiger partial charge in [0.2, 0.25) is 0 Å². The van der Waals surface area contributed by atoms with Crippen LogP contribution in [0.2, 0.25) is 0 Å². The molecule has 0 saturated heterocycles. The number of rotatable bonds is 4. The number of carboxylic acids is 1. The van der Waals surface area contributed by atoms with Crippen molar-refractivity contribution >= 4 is 16.8 Å². The average molecular weight is 281 g/mol. The van der Waals surface area contributed by atoms with E-state index in [1.165, 1.54) is 6.07 Å². The molecule has 4 nitrogen and oxygen atoms in total. The van der Waals surface area contributed by atoms with E-state index >= 15 is 0 Å². The summed E-state index contributed by atoms with van der Waals surface area (Å²) in [6.45, 7) is -0.418. The maximum Gasteiger partial charge on any atom is 0.416 e. The molecular formula is C10H10F3NO3S. The fourth-order valence-electron chi connectivity index (χ4n) is 1.24. The Morgan fingerprint density at radius 1 is 1.44 bits per heavy atom. The molecule has 18 heavy (non-hydrogen) atoms. The molecule has 0 fully saturated rings. The highest BCUT2D eigenvalue weighted by atomic mass is 32.2. The zero-order valence-corrected chi connectivity index (χ0v) is 9.79. The van der Waals surface area contributed by atoms with Crippen LogP contribution in [0.3, 0.4) is 0 Å². The van der Waals surface area contributed by atoms with Crippen molar-refractivity contribution in [2.75, 3.05) is 6.54 Å². The predicted molar refractivity (Wildman–Crippen MR) is 58.3 cm³/mol. The second-order valence-electron chi connectivity index (χ2n) is 3.39. The number of hydrogen-bond donors (Lipinski definition) is 2. The van der Waals surface area contributed by atoms with Gasteiger partial charge in [-0.05, 0) is 18.2 Å². The molecule has 0 aromatic heterocycles. The van der Waals surface area contributed by atoms with Gasteiger partial charge in [-0.1, -0.05) is 6.07 Å². The summed E-state index contributed by atoms with van der Waals surface area (Å²) < 4.78 is 49.1. The average Bonchev–Trinajstić information content (AvgIpc) is 2.28. The van der Waals surface area contributed by atoms with Gasteiger partial charge >= 0.3 is 12.1 Å². The lowest BCUT2D eigenvalue weighted by Gasteiger charge is -2.12. The summed E-state index contributed by atoms with van der Waals surface area (Å²) in [5, 5.41) is 7.32. The molecule has 0 heterocycles. The molecule has 8 heteroatoms. The van der Waals surface area contributed by atoms with Gasteiger partial charge < -0.3 is 10.8 Å². The van der Waals surface area contributed by atoms with Crippen molar-refractivity contribution in [3.05, 3.63) is 29.8 Å². The molecule has 0 aliphatic carbocycles. The molecule has 1 aromatic rings. The lowest BCUT2D eigenvalue weighted by atomic mass is 10.2. The van der Waals surface area contributed by atoms with Crippen LogP contribution in [0.15, 0.2) is 29.2 Å². The van der Waals surface area contributed by atoms with Crippen molar-refractivity contribution in [3.63, 3.8) is 0 Å². The summed E-state index contributed by atoms with van der Waals surface area (Å²) in [5.74, 6) is -1.41. The minimum Gasteiger partial charge on any atom is -0.480 e. The number of carboxylic acid groups (broad SMARTS) is 1. The first-order chi connectivity index (χ1) is 8.27. The Morgan fingerprint density at radius 3 is 2.50 bits per heavy atom. The zero-order valence-electron chi connectivity index (χ0n) is 8.98. The maximum absolute atomic E-state index is 12.4. The Balaban J connectivity index is 3.11. The molecule has 2 unspecified atom stereocenters. The minimum atomic E-state index is -4.57.